The van der Waals surface area contributed by atoms with E-state index in [1.54, 1.807) is 22.0 Å². The van der Waals surface area contributed by atoms with E-state index in [0.29, 0.717) is 21.8 Å². The van der Waals surface area contributed by atoms with Gasteiger partial charge in [-0.05, 0) is 43.5 Å². The van der Waals surface area contributed by atoms with Crippen molar-refractivity contribution in [1.29, 1.82) is 5.26 Å². The minimum atomic E-state index is -0.956. The summed E-state index contributed by atoms with van der Waals surface area (Å²) in [6, 6.07) is 17.0. The summed E-state index contributed by atoms with van der Waals surface area (Å²) in [7, 11) is 0. The lowest BCUT2D eigenvalue weighted by molar-refractivity contribution is -0.120. The van der Waals surface area contributed by atoms with Gasteiger partial charge in [-0.25, -0.2) is 4.57 Å². The van der Waals surface area contributed by atoms with Crippen molar-refractivity contribution < 1.29 is 4.79 Å². The average Bonchev–Trinajstić information content (AvgIpc) is 3.22. The van der Waals surface area contributed by atoms with Gasteiger partial charge >= 0.3 is 0 Å². The molecule has 168 valence electrons. The summed E-state index contributed by atoms with van der Waals surface area (Å²) in [5.41, 5.74) is 1.18. The Kier molecular flexibility index (Phi) is 5.95. The standard InChI is InChI=1S/C24H24N6O2S/c1-15(2)24(4,14-25)26-20(31)13-33-23-28-27-22-29(18-11-7-5-9-16(18)3)21(32)17-10-6-8-12-19(17)30(22)23/h5-12,15H,13H2,1-4H3,(H,26,31). The van der Waals surface area contributed by atoms with Crippen LogP contribution in [-0.2, 0) is 4.79 Å². The quantitative estimate of drug-likeness (QED) is 0.442. The van der Waals surface area contributed by atoms with Crippen molar-refractivity contribution in [3.05, 3.63) is 64.4 Å². The number of carbonyl (C=O) groups is 1. The highest BCUT2D eigenvalue weighted by Crippen LogP contribution is 2.24. The second kappa shape index (κ2) is 8.71. The first kappa shape index (κ1) is 22.6. The molecule has 4 aromatic rings. The van der Waals surface area contributed by atoms with Crippen molar-refractivity contribution in [2.45, 2.75) is 38.4 Å². The van der Waals surface area contributed by atoms with Gasteiger partial charge in [0.25, 0.3) is 5.56 Å². The van der Waals surface area contributed by atoms with Crippen LogP contribution in [0.25, 0.3) is 22.4 Å². The largest absolute Gasteiger partial charge is 0.337 e. The Morgan fingerprint density at radius 3 is 2.58 bits per heavy atom. The van der Waals surface area contributed by atoms with Gasteiger partial charge in [0.05, 0.1) is 28.4 Å². The van der Waals surface area contributed by atoms with Crippen LogP contribution < -0.4 is 10.9 Å². The van der Waals surface area contributed by atoms with Crippen LogP contribution in [0, 0.1) is 24.2 Å². The number of thioether (sulfide) groups is 1. The SMILES string of the molecule is Cc1ccccc1-n1c(=O)c2ccccc2n2c(SCC(=O)NC(C)(C#N)C(C)C)nnc12. The molecule has 0 radical (unpaired) electrons. The van der Waals surface area contributed by atoms with Crippen LogP contribution in [0.15, 0.2) is 58.5 Å². The van der Waals surface area contributed by atoms with Gasteiger partial charge in [0.1, 0.15) is 5.54 Å². The summed E-state index contributed by atoms with van der Waals surface area (Å²) < 4.78 is 3.35. The number of nitrogens with zero attached hydrogens (tertiary/aromatic N) is 5. The predicted molar refractivity (Wildman–Crippen MR) is 129 cm³/mol. The van der Waals surface area contributed by atoms with E-state index in [9.17, 15) is 14.9 Å². The van der Waals surface area contributed by atoms with Crippen molar-refractivity contribution in [3.8, 4) is 11.8 Å². The van der Waals surface area contributed by atoms with E-state index in [-0.39, 0.29) is 23.1 Å². The molecule has 0 bridgehead atoms. The van der Waals surface area contributed by atoms with Crippen molar-refractivity contribution in [1.82, 2.24) is 24.5 Å². The molecule has 2 aromatic heterocycles. The van der Waals surface area contributed by atoms with Gasteiger partial charge in [-0.2, -0.15) is 5.26 Å². The number of benzene rings is 2. The zero-order valence-corrected chi connectivity index (χ0v) is 19.7. The highest BCUT2D eigenvalue weighted by Gasteiger charge is 2.30. The van der Waals surface area contributed by atoms with Gasteiger partial charge in [0.2, 0.25) is 11.7 Å². The van der Waals surface area contributed by atoms with Gasteiger partial charge in [-0.1, -0.05) is 55.9 Å². The molecule has 1 amide bonds. The molecule has 0 saturated carbocycles. The molecule has 2 aromatic carbocycles. The third-order valence-corrected chi connectivity index (χ3v) is 6.80. The second-order valence-electron chi connectivity index (χ2n) is 8.37. The van der Waals surface area contributed by atoms with Crippen molar-refractivity contribution in [3.63, 3.8) is 0 Å². The molecule has 4 rings (SSSR count). The van der Waals surface area contributed by atoms with Crippen LogP contribution in [0.2, 0.25) is 0 Å². The number of amides is 1. The Balaban J connectivity index is 1.80. The Labute approximate surface area is 195 Å². The molecule has 0 aliphatic heterocycles. The van der Waals surface area contributed by atoms with Gasteiger partial charge in [0.15, 0.2) is 5.16 Å². The maximum Gasteiger partial charge on any atom is 0.267 e. The van der Waals surface area contributed by atoms with Gasteiger partial charge in [-0.15, -0.1) is 10.2 Å². The molecule has 33 heavy (non-hydrogen) atoms. The Hall–Kier alpha value is -3.64. The van der Waals surface area contributed by atoms with Crippen LogP contribution in [-0.4, -0.2) is 36.4 Å². The molecular weight excluding hydrogens is 436 g/mol. The minimum absolute atomic E-state index is 0.0436. The van der Waals surface area contributed by atoms with Crippen molar-refractivity contribution in [2.24, 2.45) is 5.92 Å². The van der Waals surface area contributed by atoms with Gasteiger partial charge in [0, 0.05) is 0 Å². The molecular formula is C24H24N6O2S. The van der Waals surface area contributed by atoms with Gasteiger partial charge in [-0.3, -0.25) is 14.0 Å². The average molecular weight is 461 g/mol. The number of carbonyl (C=O) groups excluding carboxylic acids is 1. The molecule has 0 aliphatic carbocycles. The molecule has 1 atom stereocenters. The summed E-state index contributed by atoms with van der Waals surface area (Å²) in [6.45, 7) is 7.42. The Morgan fingerprint density at radius 2 is 1.88 bits per heavy atom. The number of hydrogen-bond acceptors (Lipinski definition) is 6. The topological polar surface area (TPSA) is 105 Å². The number of fused-ring (bicyclic) bond motifs is 3. The van der Waals surface area contributed by atoms with Crippen molar-refractivity contribution in [2.75, 3.05) is 5.75 Å². The number of rotatable bonds is 6. The van der Waals surface area contributed by atoms with Crippen LogP contribution >= 0.6 is 11.8 Å². The predicted octanol–water partition coefficient (Wildman–Crippen LogP) is 3.49. The summed E-state index contributed by atoms with van der Waals surface area (Å²) >= 11 is 1.21. The number of nitrogens with one attached hydrogen (secondary N) is 1. The third-order valence-electron chi connectivity index (χ3n) is 5.87. The van der Waals surface area contributed by atoms with Crippen LogP contribution in [0.3, 0.4) is 0 Å². The Bertz CT molecular complexity index is 1470. The van der Waals surface area contributed by atoms with E-state index in [1.807, 2.05) is 63.2 Å². The smallest absolute Gasteiger partial charge is 0.267 e. The fourth-order valence-corrected chi connectivity index (χ4v) is 4.30. The van der Waals surface area contributed by atoms with E-state index >= 15 is 0 Å². The number of hydrogen-bond donors (Lipinski definition) is 1. The zero-order valence-electron chi connectivity index (χ0n) is 18.9. The molecule has 9 heteroatoms. The van der Waals surface area contributed by atoms with E-state index in [0.717, 1.165) is 11.3 Å². The van der Waals surface area contributed by atoms with E-state index < -0.39 is 5.54 Å². The van der Waals surface area contributed by atoms with E-state index in [1.165, 1.54) is 11.8 Å². The summed E-state index contributed by atoms with van der Waals surface area (Å²) in [5, 5.41) is 21.9. The molecule has 0 saturated heterocycles. The molecule has 1 unspecified atom stereocenters. The second-order valence-corrected chi connectivity index (χ2v) is 9.31. The lowest BCUT2D eigenvalue weighted by atomic mass is 9.90. The first-order chi connectivity index (χ1) is 15.8. The fourth-order valence-electron chi connectivity index (χ4n) is 3.56. The van der Waals surface area contributed by atoms with E-state index in [4.69, 9.17) is 0 Å². The molecule has 1 N–H and O–H groups in total. The summed E-state index contributed by atoms with van der Waals surface area (Å²) in [5.74, 6) is 0.117. The summed E-state index contributed by atoms with van der Waals surface area (Å²) in [4.78, 5) is 26.0. The first-order valence-electron chi connectivity index (χ1n) is 10.6. The lowest BCUT2D eigenvalue weighted by Gasteiger charge is -2.27. The van der Waals surface area contributed by atoms with E-state index in [2.05, 4.69) is 21.6 Å². The summed E-state index contributed by atoms with van der Waals surface area (Å²) in [6.07, 6.45) is 0. The normalized spacial score (nSPS) is 13.2. The Morgan fingerprint density at radius 1 is 1.18 bits per heavy atom. The molecule has 8 nitrogen and oxygen atoms in total. The zero-order chi connectivity index (χ0) is 23.8. The first-order valence-corrected chi connectivity index (χ1v) is 11.6. The van der Waals surface area contributed by atoms with Crippen LogP contribution in [0.4, 0.5) is 0 Å². The van der Waals surface area contributed by atoms with Crippen LogP contribution in [0.5, 0.6) is 0 Å². The number of nitriles is 1. The fraction of sp³-hybridized carbons (Fsp3) is 0.292. The molecule has 2 heterocycles. The number of para-hydroxylation sites is 2. The maximum atomic E-state index is 13.4. The highest BCUT2D eigenvalue weighted by atomic mass is 32.2. The number of aryl methyl sites for hydroxylation is 1. The van der Waals surface area contributed by atoms with Crippen LogP contribution in [0.1, 0.15) is 26.3 Å². The van der Waals surface area contributed by atoms with Crippen molar-refractivity contribution >= 4 is 34.3 Å². The third kappa shape index (κ3) is 3.98. The molecule has 0 fully saturated rings. The molecule has 0 spiro atoms. The highest BCUT2D eigenvalue weighted by molar-refractivity contribution is 7.99. The minimum Gasteiger partial charge on any atom is -0.337 e. The molecule has 0 aliphatic rings. The number of aromatic nitrogens is 4. The lowest BCUT2D eigenvalue weighted by Crippen LogP contribution is -2.49. The maximum absolute atomic E-state index is 13.4. The van der Waals surface area contributed by atoms with Gasteiger partial charge < -0.3 is 5.32 Å². The monoisotopic (exact) mass is 460 g/mol.